The van der Waals surface area contributed by atoms with E-state index in [9.17, 15) is 0 Å². The third-order valence-corrected chi connectivity index (χ3v) is 3.50. The van der Waals surface area contributed by atoms with Gasteiger partial charge in [-0.05, 0) is 56.6 Å². The van der Waals surface area contributed by atoms with E-state index in [1.54, 1.807) is 0 Å². The molecule has 90 valence electrons. The van der Waals surface area contributed by atoms with Gasteiger partial charge in [0.25, 0.3) is 0 Å². The zero-order valence-corrected chi connectivity index (χ0v) is 10.3. The molecule has 0 radical (unpaired) electrons. The molecular weight excluding hydrogens is 210 g/mol. The predicted octanol–water partition coefficient (Wildman–Crippen LogP) is 2.14. The SMILES string of the molecule is CN(c1ccc(C#N)cc1)C1CCCNCC1. The first-order valence-corrected chi connectivity index (χ1v) is 6.25. The van der Waals surface area contributed by atoms with E-state index in [1.165, 1.54) is 24.9 Å². The lowest BCUT2D eigenvalue weighted by Gasteiger charge is -2.29. The Morgan fingerprint density at radius 1 is 1.24 bits per heavy atom. The van der Waals surface area contributed by atoms with Crippen LogP contribution in [0.15, 0.2) is 24.3 Å². The molecule has 0 amide bonds. The van der Waals surface area contributed by atoms with E-state index in [1.807, 2.05) is 24.3 Å². The van der Waals surface area contributed by atoms with Crippen LogP contribution >= 0.6 is 0 Å². The van der Waals surface area contributed by atoms with Gasteiger partial charge in [0.2, 0.25) is 0 Å². The lowest BCUT2D eigenvalue weighted by molar-refractivity contribution is 0.567. The van der Waals surface area contributed by atoms with Gasteiger partial charge in [0.05, 0.1) is 11.6 Å². The van der Waals surface area contributed by atoms with Crippen molar-refractivity contribution < 1.29 is 0 Å². The maximum absolute atomic E-state index is 8.78. The number of nitriles is 1. The Kier molecular flexibility index (Phi) is 4.00. The van der Waals surface area contributed by atoms with Crippen molar-refractivity contribution in [1.82, 2.24) is 5.32 Å². The molecule has 17 heavy (non-hydrogen) atoms. The van der Waals surface area contributed by atoms with Crippen LogP contribution in [0.5, 0.6) is 0 Å². The molecule has 0 bridgehead atoms. The highest BCUT2D eigenvalue weighted by atomic mass is 15.1. The zero-order valence-electron chi connectivity index (χ0n) is 10.3. The van der Waals surface area contributed by atoms with Crippen molar-refractivity contribution in [2.75, 3.05) is 25.0 Å². The summed E-state index contributed by atoms with van der Waals surface area (Å²) in [6, 6.07) is 10.6. The molecule has 1 aromatic carbocycles. The zero-order chi connectivity index (χ0) is 12.1. The quantitative estimate of drug-likeness (QED) is 0.844. The van der Waals surface area contributed by atoms with Crippen molar-refractivity contribution in [3.8, 4) is 6.07 Å². The minimum atomic E-state index is 0.609. The Hall–Kier alpha value is -1.53. The van der Waals surface area contributed by atoms with Crippen LogP contribution in [0.25, 0.3) is 0 Å². The average Bonchev–Trinajstić information content (AvgIpc) is 2.67. The van der Waals surface area contributed by atoms with E-state index in [0.29, 0.717) is 6.04 Å². The molecule has 2 rings (SSSR count). The lowest BCUT2D eigenvalue weighted by atomic mass is 10.1. The van der Waals surface area contributed by atoms with Crippen LogP contribution in [0, 0.1) is 11.3 Å². The fourth-order valence-corrected chi connectivity index (χ4v) is 2.37. The summed E-state index contributed by atoms with van der Waals surface area (Å²) in [5.74, 6) is 0. The van der Waals surface area contributed by atoms with Gasteiger partial charge in [-0.1, -0.05) is 0 Å². The van der Waals surface area contributed by atoms with Gasteiger partial charge in [-0.2, -0.15) is 5.26 Å². The molecule has 1 fully saturated rings. The van der Waals surface area contributed by atoms with E-state index in [2.05, 4.69) is 23.3 Å². The maximum Gasteiger partial charge on any atom is 0.0991 e. The maximum atomic E-state index is 8.78. The van der Waals surface area contributed by atoms with E-state index < -0.39 is 0 Å². The van der Waals surface area contributed by atoms with Crippen molar-refractivity contribution >= 4 is 5.69 Å². The summed E-state index contributed by atoms with van der Waals surface area (Å²) < 4.78 is 0. The highest BCUT2D eigenvalue weighted by Gasteiger charge is 2.16. The van der Waals surface area contributed by atoms with Gasteiger partial charge < -0.3 is 10.2 Å². The average molecular weight is 229 g/mol. The third-order valence-electron chi connectivity index (χ3n) is 3.50. The van der Waals surface area contributed by atoms with Gasteiger partial charge in [0, 0.05) is 18.8 Å². The minimum absolute atomic E-state index is 0.609. The smallest absolute Gasteiger partial charge is 0.0991 e. The number of hydrogen-bond acceptors (Lipinski definition) is 3. The van der Waals surface area contributed by atoms with Gasteiger partial charge in [0.15, 0.2) is 0 Å². The molecule has 1 aliphatic heterocycles. The topological polar surface area (TPSA) is 39.1 Å². The molecule has 0 aromatic heterocycles. The van der Waals surface area contributed by atoms with E-state index in [4.69, 9.17) is 5.26 Å². The first kappa shape index (κ1) is 11.9. The van der Waals surface area contributed by atoms with E-state index in [0.717, 1.165) is 18.7 Å². The van der Waals surface area contributed by atoms with Crippen LogP contribution in [0.1, 0.15) is 24.8 Å². The van der Waals surface area contributed by atoms with Crippen molar-refractivity contribution in [3.63, 3.8) is 0 Å². The first-order valence-electron chi connectivity index (χ1n) is 6.25. The van der Waals surface area contributed by atoms with Crippen molar-refractivity contribution in [2.24, 2.45) is 0 Å². The molecule has 0 aliphatic carbocycles. The molecule has 1 aliphatic rings. The Morgan fingerprint density at radius 3 is 2.71 bits per heavy atom. The van der Waals surface area contributed by atoms with Gasteiger partial charge in [-0.25, -0.2) is 0 Å². The molecule has 3 heteroatoms. The summed E-state index contributed by atoms with van der Waals surface area (Å²) in [7, 11) is 2.15. The highest BCUT2D eigenvalue weighted by molar-refractivity contribution is 5.49. The van der Waals surface area contributed by atoms with Crippen LogP contribution in [-0.2, 0) is 0 Å². The number of nitrogens with one attached hydrogen (secondary N) is 1. The Morgan fingerprint density at radius 2 is 2.00 bits per heavy atom. The molecule has 3 nitrogen and oxygen atoms in total. The van der Waals surface area contributed by atoms with E-state index in [-0.39, 0.29) is 0 Å². The van der Waals surface area contributed by atoms with Crippen molar-refractivity contribution in [3.05, 3.63) is 29.8 Å². The molecule has 1 N–H and O–H groups in total. The largest absolute Gasteiger partial charge is 0.372 e. The molecule has 1 saturated heterocycles. The number of nitrogens with zero attached hydrogens (tertiary/aromatic N) is 2. The number of hydrogen-bond donors (Lipinski definition) is 1. The fraction of sp³-hybridized carbons (Fsp3) is 0.500. The van der Waals surface area contributed by atoms with Crippen LogP contribution < -0.4 is 10.2 Å². The lowest BCUT2D eigenvalue weighted by Crippen LogP contribution is -2.32. The minimum Gasteiger partial charge on any atom is -0.372 e. The molecular formula is C14H19N3. The molecule has 0 saturated carbocycles. The molecule has 1 aromatic rings. The first-order chi connectivity index (χ1) is 8.31. The standard InChI is InChI=1S/C14H19N3/c1-17(13-3-2-9-16-10-8-13)14-6-4-12(11-15)5-7-14/h4-7,13,16H,2-3,8-10H2,1H3. The monoisotopic (exact) mass is 229 g/mol. The number of rotatable bonds is 2. The number of anilines is 1. The summed E-state index contributed by atoms with van der Waals surface area (Å²) in [4.78, 5) is 2.34. The van der Waals surface area contributed by atoms with Gasteiger partial charge in [-0.15, -0.1) is 0 Å². The van der Waals surface area contributed by atoms with Crippen LogP contribution in [0.3, 0.4) is 0 Å². The van der Waals surface area contributed by atoms with Crippen LogP contribution in [0.2, 0.25) is 0 Å². The summed E-state index contributed by atoms with van der Waals surface area (Å²) in [6.45, 7) is 2.24. The van der Waals surface area contributed by atoms with E-state index >= 15 is 0 Å². The molecule has 1 atom stereocenters. The highest BCUT2D eigenvalue weighted by Crippen LogP contribution is 2.20. The normalized spacial score (nSPS) is 20.4. The summed E-state index contributed by atoms with van der Waals surface area (Å²) in [5.41, 5.74) is 1.93. The summed E-state index contributed by atoms with van der Waals surface area (Å²) in [5, 5.41) is 12.2. The van der Waals surface area contributed by atoms with Crippen LogP contribution in [-0.4, -0.2) is 26.2 Å². The van der Waals surface area contributed by atoms with Crippen LogP contribution in [0.4, 0.5) is 5.69 Å². The molecule has 1 unspecified atom stereocenters. The Bertz CT molecular complexity index is 383. The second-order valence-corrected chi connectivity index (χ2v) is 4.60. The summed E-state index contributed by atoms with van der Waals surface area (Å²) >= 11 is 0. The third kappa shape index (κ3) is 2.98. The Labute approximate surface area is 103 Å². The molecule has 0 spiro atoms. The van der Waals surface area contributed by atoms with Gasteiger partial charge in [0.1, 0.15) is 0 Å². The summed E-state index contributed by atoms with van der Waals surface area (Å²) in [6.07, 6.45) is 3.67. The van der Waals surface area contributed by atoms with Gasteiger partial charge >= 0.3 is 0 Å². The predicted molar refractivity (Wildman–Crippen MR) is 70.1 cm³/mol. The van der Waals surface area contributed by atoms with Crippen molar-refractivity contribution in [1.29, 1.82) is 5.26 Å². The Balaban J connectivity index is 2.06. The second-order valence-electron chi connectivity index (χ2n) is 4.60. The van der Waals surface area contributed by atoms with Crippen molar-refractivity contribution in [2.45, 2.75) is 25.3 Å². The number of benzene rings is 1. The van der Waals surface area contributed by atoms with Gasteiger partial charge in [-0.3, -0.25) is 0 Å². The fourth-order valence-electron chi connectivity index (χ4n) is 2.37. The molecule has 1 heterocycles. The second kappa shape index (κ2) is 5.70.